The lowest BCUT2D eigenvalue weighted by Gasteiger charge is -2.26. The van der Waals surface area contributed by atoms with Gasteiger partial charge in [0.1, 0.15) is 0 Å². The average Bonchev–Trinajstić information content (AvgIpc) is 2.90. The number of nitrogens with zero attached hydrogens (tertiary/aromatic N) is 2. The molecule has 0 aliphatic rings. The summed E-state index contributed by atoms with van der Waals surface area (Å²) < 4.78 is 16.5. The second kappa shape index (κ2) is 9.83. The lowest BCUT2D eigenvalue weighted by atomic mass is 10.0. The second-order valence-corrected chi connectivity index (χ2v) is 7.99. The van der Waals surface area contributed by atoms with E-state index in [4.69, 9.17) is 19.2 Å². The molecule has 0 saturated carbocycles. The molecule has 0 aliphatic heterocycles. The fourth-order valence-electron chi connectivity index (χ4n) is 4.05. The van der Waals surface area contributed by atoms with Crippen molar-refractivity contribution in [3.63, 3.8) is 0 Å². The van der Waals surface area contributed by atoms with Gasteiger partial charge in [0.25, 0.3) is 5.91 Å². The van der Waals surface area contributed by atoms with E-state index in [-0.39, 0.29) is 11.9 Å². The molecule has 0 saturated heterocycles. The minimum Gasteiger partial charge on any atom is -0.493 e. The van der Waals surface area contributed by atoms with Crippen molar-refractivity contribution in [1.29, 1.82) is 0 Å². The zero-order chi connectivity index (χ0) is 24.2. The summed E-state index contributed by atoms with van der Waals surface area (Å²) in [5.41, 5.74) is 3.79. The molecule has 174 valence electrons. The zero-order valence-corrected chi connectivity index (χ0v) is 20.0. The molecule has 0 aliphatic carbocycles. The van der Waals surface area contributed by atoms with E-state index in [0.717, 1.165) is 22.0 Å². The summed E-state index contributed by atoms with van der Waals surface area (Å²) >= 11 is 0. The van der Waals surface area contributed by atoms with Gasteiger partial charge in [-0.1, -0.05) is 48.5 Å². The fraction of sp³-hybridized carbons (Fsp3) is 0.214. The average molecular weight is 457 g/mol. The zero-order valence-electron chi connectivity index (χ0n) is 20.0. The Morgan fingerprint density at radius 1 is 0.853 bits per heavy atom. The molecule has 0 fully saturated rings. The van der Waals surface area contributed by atoms with Crippen LogP contribution in [0.5, 0.6) is 17.2 Å². The number of para-hydroxylation sites is 1. The smallest absolute Gasteiger partial charge is 0.254 e. The SMILES string of the molecule is COc1cc(-c2cc(C(=O)N(C)C(C)c3ccccc3)c3ccccc3n2)cc(OC)c1OC. The molecule has 0 radical (unpaired) electrons. The molecule has 0 N–H and O–H groups in total. The van der Waals surface area contributed by atoms with Gasteiger partial charge in [0.05, 0.1) is 44.1 Å². The summed E-state index contributed by atoms with van der Waals surface area (Å²) in [6.45, 7) is 2.02. The normalized spacial score (nSPS) is 11.7. The lowest BCUT2D eigenvalue weighted by molar-refractivity contribution is 0.0744. The Hall–Kier alpha value is -4.06. The van der Waals surface area contributed by atoms with Gasteiger partial charge in [-0.05, 0) is 36.8 Å². The third-order valence-corrected chi connectivity index (χ3v) is 6.09. The van der Waals surface area contributed by atoms with Gasteiger partial charge in [-0.2, -0.15) is 0 Å². The van der Waals surface area contributed by atoms with Crippen LogP contribution in [0.1, 0.15) is 28.9 Å². The molecule has 6 nitrogen and oxygen atoms in total. The van der Waals surface area contributed by atoms with Gasteiger partial charge >= 0.3 is 0 Å². The highest BCUT2D eigenvalue weighted by molar-refractivity contribution is 6.07. The Kier molecular flexibility index (Phi) is 6.68. The molecule has 6 heteroatoms. The van der Waals surface area contributed by atoms with E-state index in [9.17, 15) is 4.79 Å². The number of hydrogen-bond donors (Lipinski definition) is 0. The van der Waals surface area contributed by atoms with Crippen molar-refractivity contribution in [2.45, 2.75) is 13.0 Å². The molecule has 4 aromatic rings. The number of pyridine rings is 1. The first-order valence-electron chi connectivity index (χ1n) is 11.0. The van der Waals surface area contributed by atoms with Crippen LogP contribution in [-0.4, -0.2) is 44.2 Å². The van der Waals surface area contributed by atoms with Crippen LogP contribution in [0.15, 0.2) is 72.8 Å². The predicted octanol–water partition coefficient (Wildman–Crippen LogP) is 5.76. The van der Waals surface area contributed by atoms with E-state index < -0.39 is 0 Å². The summed E-state index contributed by atoms with van der Waals surface area (Å²) in [4.78, 5) is 20.3. The summed E-state index contributed by atoms with van der Waals surface area (Å²) in [5, 5.41) is 0.802. The number of carbonyl (C=O) groups is 1. The van der Waals surface area contributed by atoms with Crippen LogP contribution < -0.4 is 14.2 Å². The maximum atomic E-state index is 13.7. The predicted molar refractivity (Wildman–Crippen MR) is 134 cm³/mol. The van der Waals surface area contributed by atoms with E-state index in [1.165, 1.54) is 0 Å². The number of carbonyl (C=O) groups excluding carboxylic acids is 1. The highest BCUT2D eigenvalue weighted by Crippen LogP contribution is 2.41. The van der Waals surface area contributed by atoms with Gasteiger partial charge in [-0.25, -0.2) is 4.98 Å². The highest BCUT2D eigenvalue weighted by atomic mass is 16.5. The van der Waals surface area contributed by atoms with Gasteiger partial charge in [0.15, 0.2) is 11.5 Å². The minimum absolute atomic E-state index is 0.0800. The molecule has 1 aromatic heterocycles. The Labute approximate surface area is 199 Å². The maximum Gasteiger partial charge on any atom is 0.254 e. The second-order valence-electron chi connectivity index (χ2n) is 7.99. The summed E-state index contributed by atoms with van der Waals surface area (Å²) in [5.74, 6) is 1.47. The van der Waals surface area contributed by atoms with E-state index in [0.29, 0.717) is 28.5 Å². The number of hydrogen-bond acceptors (Lipinski definition) is 5. The molecule has 1 amide bonds. The number of amides is 1. The standard InChI is InChI=1S/C28H28N2O4/c1-18(19-11-7-6-8-12-19)30(2)28(31)22-17-24(29-23-14-10-9-13-21(22)23)20-15-25(32-3)27(34-5)26(16-20)33-4/h6-18H,1-5H3. The van der Waals surface area contributed by atoms with Crippen molar-refractivity contribution >= 4 is 16.8 Å². The molecular weight excluding hydrogens is 428 g/mol. The lowest BCUT2D eigenvalue weighted by Crippen LogP contribution is -2.30. The monoisotopic (exact) mass is 456 g/mol. The van der Waals surface area contributed by atoms with Crippen molar-refractivity contribution in [1.82, 2.24) is 9.88 Å². The number of fused-ring (bicyclic) bond motifs is 1. The van der Waals surface area contributed by atoms with Crippen LogP contribution in [0.25, 0.3) is 22.2 Å². The van der Waals surface area contributed by atoms with E-state index in [1.807, 2.05) is 86.8 Å². The molecule has 1 heterocycles. The molecule has 34 heavy (non-hydrogen) atoms. The number of methoxy groups -OCH3 is 3. The first kappa shape index (κ1) is 23.1. The molecule has 4 rings (SSSR count). The van der Waals surface area contributed by atoms with Gasteiger partial charge < -0.3 is 19.1 Å². The molecule has 3 aromatic carbocycles. The van der Waals surface area contributed by atoms with Crippen LogP contribution in [0, 0.1) is 0 Å². The highest BCUT2D eigenvalue weighted by Gasteiger charge is 2.23. The Balaban J connectivity index is 1.84. The summed E-state index contributed by atoms with van der Waals surface area (Å²) in [6, 6.07) is 23.1. The van der Waals surface area contributed by atoms with Crippen molar-refractivity contribution < 1.29 is 19.0 Å². The van der Waals surface area contributed by atoms with Gasteiger partial charge in [0, 0.05) is 18.0 Å². The Bertz CT molecular complexity index is 1300. The first-order valence-corrected chi connectivity index (χ1v) is 11.0. The molecule has 1 atom stereocenters. The third kappa shape index (κ3) is 4.27. The maximum absolute atomic E-state index is 13.7. The van der Waals surface area contributed by atoms with Crippen LogP contribution >= 0.6 is 0 Å². The molecule has 1 unspecified atom stereocenters. The number of rotatable bonds is 7. The number of benzene rings is 3. The van der Waals surface area contributed by atoms with Gasteiger partial charge in [-0.3, -0.25) is 4.79 Å². The third-order valence-electron chi connectivity index (χ3n) is 6.09. The van der Waals surface area contributed by atoms with Gasteiger partial charge in [-0.15, -0.1) is 0 Å². The van der Waals surface area contributed by atoms with E-state index >= 15 is 0 Å². The van der Waals surface area contributed by atoms with Crippen molar-refractivity contribution in [3.8, 4) is 28.5 Å². The van der Waals surface area contributed by atoms with Crippen molar-refractivity contribution in [2.75, 3.05) is 28.4 Å². The Morgan fingerprint density at radius 2 is 1.47 bits per heavy atom. The largest absolute Gasteiger partial charge is 0.493 e. The quantitative estimate of drug-likeness (QED) is 0.354. The van der Waals surface area contributed by atoms with Crippen molar-refractivity contribution in [2.24, 2.45) is 0 Å². The van der Waals surface area contributed by atoms with Crippen LogP contribution in [-0.2, 0) is 0 Å². The van der Waals surface area contributed by atoms with Crippen molar-refractivity contribution in [3.05, 3.63) is 83.9 Å². The molecule has 0 bridgehead atoms. The number of aromatic nitrogens is 1. The minimum atomic E-state index is -0.0924. The van der Waals surface area contributed by atoms with E-state index in [2.05, 4.69) is 0 Å². The van der Waals surface area contributed by atoms with Crippen LogP contribution in [0.4, 0.5) is 0 Å². The first-order chi connectivity index (χ1) is 16.5. The van der Waals surface area contributed by atoms with E-state index in [1.54, 1.807) is 26.2 Å². The Morgan fingerprint density at radius 3 is 2.09 bits per heavy atom. The van der Waals surface area contributed by atoms with Gasteiger partial charge in [0.2, 0.25) is 5.75 Å². The molecular formula is C28H28N2O4. The summed E-state index contributed by atoms with van der Waals surface area (Å²) in [6.07, 6.45) is 0. The number of ether oxygens (including phenoxy) is 3. The van der Waals surface area contributed by atoms with Crippen LogP contribution in [0.3, 0.4) is 0 Å². The molecule has 0 spiro atoms. The fourth-order valence-corrected chi connectivity index (χ4v) is 4.05. The summed E-state index contributed by atoms with van der Waals surface area (Å²) in [7, 11) is 6.54. The van der Waals surface area contributed by atoms with Crippen LogP contribution in [0.2, 0.25) is 0 Å². The topological polar surface area (TPSA) is 60.9 Å².